The molecule has 1 unspecified atom stereocenters. The second-order valence-electron chi connectivity index (χ2n) is 5.21. The van der Waals surface area contributed by atoms with Gasteiger partial charge in [0.25, 0.3) is 0 Å². The maximum absolute atomic E-state index is 5.38. The van der Waals surface area contributed by atoms with Crippen LogP contribution in [-0.4, -0.2) is 54.1 Å². The average molecular weight is 251 g/mol. The first kappa shape index (κ1) is 11.9. The summed E-state index contributed by atoms with van der Waals surface area (Å²) < 4.78 is 5.38. The van der Waals surface area contributed by atoms with Crippen LogP contribution in [0.2, 0.25) is 0 Å². The summed E-state index contributed by atoms with van der Waals surface area (Å²) in [6, 6.07) is 0.504. The van der Waals surface area contributed by atoms with Crippen molar-refractivity contribution in [1.29, 1.82) is 0 Å². The van der Waals surface area contributed by atoms with E-state index in [0.29, 0.717) is 12.0 Å². The monoisotopic (exact) mass is 251 g/mol. The third kappa shape index (κ3) is 2.49. The summed E-state index contributed by atoms with van der Waals surface area (Å²) in [6.45, 7) is 6.83. The highest BCUT2D eigenvalue weighted by Crippen LogP contribution is 2.25. The van der Waals surface area contributed by atoms with Crippen LogP contribution in [0.25, 0.3) is 0 Å². The molecule has 6 nitrogen and oxygen atoms in total. The van der Waals surface area contributed by atoms with Gasteiger partial charge in [-0.25, -0.2) is 0 Å². The largest absolute Gasteiger partial charge is 0.381 e. The lowest BCUT2D eigenvalue weighted by atomic mass is 10.00. The van der Waals surface area contributed by atoms with Crippen molar-refractivity contribution in [3.63, 3.8) is 0 Å². The van der Waals surface area contributed by atoms with E-state index in [0.717, 1.165) is 57.5 Å². The Bertz CT molecular complexity index is 388. The van der Waals surface area contributed by atoms with Gasteiger partial charge in [0.2, 0.25) is 5.95 Å². The van der Waals surface area contributed by atoms with Crippen molar-refractivity contribution >= 4 is 5.95 Å². The van der Waals surface area contributed by atoms with Crippen LogP contribution in [-0.2, 0) is 4.74 Å². The van der Waals surface area contributed by atoms with E-state index in [9.17, 15) is 0 Å². The molecule has 1 aromatic rings. The number of rotatable bonds is 2. The van der Waals surface area contributed by atoms with E-state index >= 15 is 0 Å². The minimum Gasteiger partial charge on any atom is -0.381 e. The summed E-state index contributed by atoms with van der Waals surface area (Å²) in [7, 11) is 0. The quantitative estimate of drug-likeness (QED) is 0.801. The summed E-state index contributed by atoms with van der Waals surface area (Å²) in [5, 5.41) is 10.9. The van der Waals surface area contributed by atoms with E-state index in [1.165, 1.54) is 0 Å². The zero-order chi connectivity index (χ0) is 12.4. The van der Waals surface area contributed by atoms with E-state index in [2.05, 4.69) is 32.3 Å². The van der Waals surface area contributed by atoms with Crippen LogP contribution >= 0.6 is 0 Å². The van der Waals surface area contributed by atoms with Crippen molar-refractivity contribution in [2.75, 3.05) is 37.7 Å². The predicted molar refractivity (Wildman–Crippen MR) is 68.9 cm³/mol. The Kier molecular flexibility index (Phi) is 3.47. The zero-order valence-corrected chi connectivity index (χ0v) is 10.9. The first-order valence-electron chi connectivity index (χ1n) is 6.81. The Morgan fingerprint density at radius 2 is 2.17 bits per heavy atom. The molecule has 0 aromatic carbocycles. The number of hydrogen-bond acceptors (Lipinski definition) is 5. The lowest BCUT2D eigenvalue weighted by molar-refractivity contribution is 0.0836. The number of aromatic nitrogens is 3. The van der Waals surface area contributed by atoms with Crippen LogP contribution in [0.15, 0.2) is 0 Å². The van der Waals surface area contributed by atoms with Gasteiger partial charge in [-0.15, -0.1) is 5.10 Å². The van der Waals surface area contributed by atoms with Crippen molar-refractivity contribution in [2.24, 2.45) is 0 Å². The third-order valence-corrected chi connectivity index (χ3v) is 3.75. The summed E-state index contributed by atoms with van der Waals surface area (Å²) in [6.07, 6.45) is 2.10. The number of nitrogens with zero attached hydrogens (tertiary/aromatic N) is 3. The molecule has 0 aliphatic carbocycles. The molecule has 2 N–H and O–H groups in total. The number of ether oxygens (including phenoxy) is 1. The number of anilines is 1. The molecule has 6 heteroatoms. The van der Waals surface area contributed by atoms with Crippen LogP contribution in [0.5, 0.6) is 0 Å². The summed E-state index contributed by atoms with van der Waals surface area (Å²) in [4.78, 5) is 6.92. The molecule has 0 spiro atoms. The number of aromatic amines is 1. The summed E-state index contributed by atoms with van der Waals surface area (Å²) in [5.41, 5.74) is 0. The Balaban J connectivity index is 1.68. The number of piperazine rings is 1. The second-order valence-corrected chi connectivity index (χ2v) is 5.21. The number of hydrogen-bond donors (Lipinski definition) is 2. The lowest BCUT2D eigenvalue weighted by Crippen LogP contribution is -2.49. The Labute approximate surface area is 107 Å². The van der Waals surface area contributed by atoms with Crippen molar-refractivity contribution in [3.05, 3.63) is 5.82 Å². The fourth-order valence-electron chi connectivity index (χ4n) is 2.67. The molecular formula is C12H21N5O. The molecular weight excluding hydrogens is 230 g/mol. The van der Waals surface area contributed by atoms with E-state index < -0.39 is 0 Å². The van der Waals surface area contributed by atoms with Gasteiger partial charge < -0.3 is 15.0 Å². The molecule has 18 heavy (non-hydrogen) atoms. The highest BCUT2D eigenvalue weighted by Gasteiger charge is 2.23. The van der Waals surface area contributed by atoms with Gasteiger partial charge in [0.05, 0.1) is 0 Å². The molecule has 0 amide bonds. The van der Waals surface area contributed by atoms with Gasteiger partial charge in [-0.3, -0.25) is 5.10 Å². The molecule has 0 bridgehead atoms. The molecule has 100 valence electrons. The summed E-state index contributed by atoms with van der Waals surface area (Å²) in [5.74, 6) is 2.37. The van der Waals surface area contributed by atoms with Crippen molar-refractivity contribution in [3.8, 4) is 0 Å². The average Bonchev–Trinajstić information content (AvgIpc) is 2.89. The highest BCUT2D eigenvalue weighted by molar-refractivity contribution is 5.30. The molecule has 1 aromatic heterocycles. The van der Waals surface area contributed by atoms with Gasteiger partial charge >= 0.3 is 0 Å². The Morgan fingerprint density at radius 3 is 2.94 bits per heavy atom. The fraction of sp³-hybridized carbons (Fsp3) is 0.833. The minimum absolute atomic E-state index is 0.486. The van der Waals surface area contributed by atoms with Gasteiger partial charge in [-0.05, 0) is 19.8 Å². The third-order valence-electron chi connectivity index (χ3n) is 3.75. The van der Waals surface area contributed by atoms with Crippen LogP contribution in [0.3, 0.4) is 0 Å². The number of H-pyrrole nitrogens is 1. The second kappa shape index (κ2) is 5.24. The van der Waals surface area contributed by atoms with E-state index in [1.807, 2.05) is 0 Å². The van der Waals surface area contributed by atoms with Crippen molar-refractivity contribution in [1.82, 2.24) is 20.5 Å². The first-order valence-corrected chi connectivity index (χ1v) is 6.81. The van der Waals surface area contributed by atoms with Gasteiger partial charge in [0.15, 0.2) is 0 Å². The molecule has 3 rings (SSSR count). The Hall–Kier alpha value is -1.14. The molecule has 2 aliphatic rings. The van der Waals surface area contributed by atoms with Gasteiger partial charge in [0.1, 0.15) is 5.82 Å². The maximum Gasteiger partial charge on any atom is 0.244 e. The molecule has 0 saturated carbocycles. The smallest absolute Gasteiger partial charge is 0.244 e. The van der Waals surface area contributed by atoms with Crippen molar-refractivity contribution in [2.45, 2.75) is 31.7 Å². The molecule has 3 heterocycles. The van der Waals surface area contributed by atoms with Gasteiger partial charge in [-0.2, -0.15) is 4.98 Å². The fourth-order valence-corrected chi connectivity index (χ4v) is 2.67. The van der Waals surface area contributed by atoms with Gasteiger partial charge in [-0.1, -0.05) is 0 Å². The zero-order valence-electron chi connectivity index (χ0n) is 10.9. The van der Waals surface area contributed by atoms with Gasteiger partial charge in [0, 0.05) is 44.8 Å². The highest BCUT2D eigenvalue weighted by atomic mass is 16.5. The minimum atomic E-state index is 0.486. The van der Waals surface area contributed by atoms with E-state index in [-0.39, 0.29) is 0 Å². The van der Waals surface area contributed by atoms with Crippen LogP contribution < -0.4 is 10.2 Å². The van der Waals surface area contributed by atoms with Crippen molar-refractivity contribution < 1.29 is 4.74 Å². The molecule has 1 atom stereocenters. The molecule has 2 saturated heterocycles. The maximum atomic E-state index is 5.38. The SMILES string of the molecule is CC1CN(c2n[nH]c(C3CCOCC3)n2)CCN1. The standard InChI is InChI=1S/C12H21N5O/c1-9-8-17(5-4-13-9)12-14-11(15-16-12)10-2-6-18-7-3-10/h9-10,13H,2-8H2,1H3,(H,14,15,16). The summed E-state index contributed by atoms with van der Waals surface area (Å²) >= 11 is 0. The predicted octanol–water partition coefficient (Wildman–Crippen LogP) is 0.497. The number of nitrogens with one attached hydrogen (secondary N) is 2. The lowest BCUT2D eigenvalue weighted by Gasteiger charge is -2.30. The van der Waals surface area contributed by atoms with E-state index in [4.69, 9.17) is 4.74 Å². The topological polar surface area (TPSA) is 66.1 Å². The van der Waals surface area contributed by atoms with E-state index in [1.54, 1.807) is 0 Å². The molecule has 2 aliphatic heterocycles. The molecule has 2 fully saturated rings. The first-order chi connectivity index (χ1) is 8.83. The normalized spacial score (nSPS) is 26.5. The van der Waals surface area contributed by atoms with Crippen LogP contribution in [0.1, 0.15) is 31.5 Å². The Morgan fingerprint density at radius 1 is 1.33 bits per heavy atom. The van der Waals surface area contributed by atoms with Crippen LogP contribution in [0.4, 0.5) is 5.95 Å². The van der Waals surface area contributed by atoms with Crippen LogP contribution in [0, 0.1) is 0 Å². The molecule has 0 radical (unpaired) electrons.